The van der Waals surface area contributed by atoms with Crippen molar-refractivity contribution in [1.82, 2.24) is 4.31 Å². The van der Waals surface area contributed by atoms with Gasteiger partial charge < -0.3 is 5.32 Å². The zero-order chi connectivity index (χ0) is 21.2. The van der Waals surface area contributed by atoms with Crippen molar-refractivity contribution in [2.24, 2.45) is 5.14 Å². The van der Waals surface area contributed by atoms with Gasteiger partial charge in [0.15, 0.2) is 0 Å². The third-order valence-corrected chi connectivity index (χ3v) is 7.86. The zero-order valence-electron chi connectivity index (χ0n) is 15.9. The van der Waals surface area contributed by atoms with Crippen LogP contribution in [0.1, 0.15) is 36.5 Å². The van der Waals surface area contributed by atoms with E-state index >= 15 is 0 Å². The first-order valence-electron chi connectivity index (χ1n) is 9.15. The summed E-state index contributed by atoms with van der Waals surface area (Å²) < 4.78 is 49.8. The van der Waals surface area contributed by atoms with Gasteiger partial charge in [0.2, 0.25) is 20.0 Å². The molecule has 1 fully saturated rings. The molecule has 29 heavy (non-hydrogen) atoms. The van der Waals surface area contributed by atoms with Crippen molar-refractivity contribution in [1.29, 1.82) is 0 Å². The van der Waals surface area contributed by atoms with Crippen molar-refractivity contribution < 1.29 is 21.6 Å². The number of nitrogens with one attached hydrogen (secondary N) is 1. The van der Waals surface area contributed by atoms with Crippen LogP contribution in [-0.4, -0.2) is 39.6 Å². The standard InChI is InChI=1S/C19H23N3O5S2/c1-14-4-2-3-13-22(14)29(26,27)18-9-5-15(6-10-18)19(23)21-16-7-11-17(12-8-16)28(20,24)25/h5-12,14H,2-4,13H2,1H3,(H,21,23)(H2,20,24,25)/t14-/m1/s1. The van der Waals surface area contributed by atoms with Crippen LogP contribution < -0.4 is 10.5 Å². The van der Waals surface area contributed by atoms with Crippen LogP contribution in [-0.2, 0) is 20.0 Å². The molecule has 10 heteroatoms. The third kappa shape index (κ3) is 4.84. The first-order valence-corrected chi connectivity index (χ1v) is 12.1. The van der Waals surface area contributed by atoms with E-state index < -0.39 is 26.0 Å². The number of hydrogen-bond donors (Lipinski definition) is 2. The summed E-state index contributed by atoms with van der Waals surface area (Å²) in [7, 11) is -7.40. The summed E-state index contributed by atoms with van der Waals surface area (Å²) in [4.78, 5) is 12.5. The van der Waals surface area contributed by atoms with Gasteiger partial charge in [0.25, 0.3) is 5.91 Å². The maximum absolute atomic E-state index is 12.8. The highest BCUT2D eigenvalue weighted by molar-refractivity contribution is 7.89. The number of amides is 1. The lowest BCUT2D eigenvalue weighted by Crippen LogP contribution is -2.41. The lowest BCUT2D eigenvalue weighted by molar-refractivity contribution is 0.102. The maximum Gasteiger partial charge on any atom is 0.255 e. The Morgan fingerprint density at radius 1 is 0.966 bits per heavy atom. The van der Waals surface area contributed by atoms with Crippen LogP contribution in [0.5, 0.6) is 0 Å². The number of rotatable bonds is 5. The van der Waals surface area contributed by atoms with E-state index in [0.717, 1.165) is 19.3 Å². The summed E-state index contributed by atoms with van der Waals surface area (Å²) in [5.74, 6) is -0.441. The number of nitrogens with zero attached hydrogens (tertiary/aromatic N) is 1. The highest BCUT2D eigenvalue weighted by atomic mass is 32.2. The summed E-state index contributed by atoms with van der Waals surface area (Å²) in [6.45, 7) is 2.40. The van der Waals surface area contributed by atoms with Crippen molar-refractivity contribution in [3.05, 3.63) is 54.1 Å². The second-order valence-corrected chi connectivity index (χ2v) is 10.5. The quantitative estimate of drug-likeness (QED) is 0.741. The molecular formula is C19H23N3O5S2. The van der Waals surface area contributed by atoms with E-state index in [1.54, 1.807) is 0 Å². The lowest BCUT2D eigenvalue weighted by atomic mass is 10.1. The van der Waals surface area contributed by atoms with Gasteiger partial charge in [-0.3, -0.25) is 4.79 Å². The Balaban J connectivity index is 1.73. The number of hydrogen-bond acceptors (Lipinski definition) is 5. The fourth-order valence-corrected chi connectivity index (χ4v) is 5.49. The average molecular weight is 438 g/mol. The van der Waals surface area contributed by atoms with E-state index in [2.05, 4.69) is 5.32 Å². The predicted octanol–water partition coefficient (Wildman–Crippen LogP) is 2.15. The highest BCUT2D eigenvalue weighted by Crippen LogP contribution is 2.25. The van der Waals surface area contributed by atoms with E-state index in [-0.39, 0.29) is 21.4 Å². The summed E-state index contributed by atoms with van der Waals surface area (Å²) in [5, 5.41) is 7.67. The van der Waals surface area contributed by atoms with Gasteiger partial charge in [0.05, 0.1) is 9.79 Å². The molecule has 1 amide bonds. The molecule has 0 aromatic heterocycles. The van der Waals surface area contributed by atoms with Crippen molar-refractivity contribution in [3.63, 3.8) is 0 Å². The predicted molar refractivity (Wildman–Crippen MR) is 109 cm³/mol. The molecule has 8 nitrogen and oxygen atoms in total. The largest absolute Gasteiger partial charge is 0.322 e. The first-order chi connectivity index (χ1) is 13.6. The fraction of sp³-hybridized carbons (Fsp3) is 0.316. The van der Waals surface area contributed by atoms with Crippen LogP contribution in [0.3, 0.4) is 0 Å². The Labute approximate surface area is 170 Å². The molecule has 0 radical (unpaired) electrons. The topological polar surface area (TPSA) is 127 Å². The van der Waals surface area contributed by atoms with Crippen LogP contribution in [0.15, 0.2) is 58.3 Å². The number of piperidine rings is 1. The van der Waals surface area contributed by atoms with Gasteiger partial charge >= 0.3 is 0 Å². The number of nitrogens with two attached hydrogens (primary N) is 1. The number of primary sulfonamides is 1. The molecule has 3 N–H and O–H groups in total. The Hall–Kier alpha value is -2.27. The lowest BCUT2D eigenvalue weighted by Gasteiger charge is -2.32. The molecule has 0 unspecified atom stereocenters. The van der Waals surface area contributed by atoms with Gasteiger partial charge in [-0.1, -0.05) is 6.42 Å². The van der Waals surface area contributed by atoms with E-state index in [1.807, 2.05) is 6.92 Å². The molecule has 0 bridgehead atoms. The molecule has 3 rings (SSSR count). The number of carbonyl (C=O) groups excluding carboxylic acids is 1. The number of benzene rings is 2. The molecule has 2 aromatic carbocycles. The Morgan fingerprint density at radius 3 is 2.10 bits per heavy atom. The van der Waals surface area contributed by atoms with Gasteiger partial charge in [-0.15, -0.1) is 0 Å². The number of sulfonamides is 2. The van der Waals surface area contributed by atoms with Crippen LogP contribution in [0.2, 0.25) is 0 Å². The van der Waals surface area contributed by atoms with Crippen molar-refractivity contribution >= 4 is 31.6 Å². The Morgan fingerprint density at radius 2 is 1.55 bits per heavy atom. The zero-order valence-corrected chi connectivity index (χ0v) is 17.5. The SMILES string of the molecule is C[C@@H]1CCCCN1S(=O)(=O)c1ccc(C(=O)Nc2ccc(S(N)(=O)=O)cc2)cc1. The molecule has 1 saturated heterocycles. The molecule has 1 aliphatic rings. The normalized spacial score (nSPS) is 18.3. The second-order valence-electron chi connectivity index (χ2n) is 7.01. The smallest absolute Gasteiger partial charge is 0.255 e. The van der Waals surface area contributed by atoms with Crippen LogP contribution in [0, 0.1) is 0 Å². The average Bonchev–Trinajstić information content (AvgIpc) is 2.68. The minimum atomic E-state index is -3.81. The molecule has 156 valence electrons. The fourth-order valence-electron chi connectivity index (χ4n) is 3.27. The molecule has 1 aliphatic heterocycles. The van der Waals surface area contributed by atoms with Gasteiger partial charge in [0.1, 0.15) is 0 Å². The highest BCUT2D eigenvalue weighted by Gasteiger charge is 2.30. The van der Waals surface area contributed by atoms with Gasteiger partial charge in [-0.2, -0.15) is 4.31 Å². The number of carbonyl (C=O) groups is 1. The Bertz CT molecular complexity index is 1100. The van der Waals surface area contributed by atoms with Crippen molar-refractivity contribution in [3.8, 4) is 0 Å². The van der Waals surface area contributed by atoms with Crippen LogP contribution in [0.4, 0.5) is 5.69 Å². The first kappa shape index (κ1) is 21.4. The summed E-state index contributed by atoms with van der Waals surface area (Å²) in [6, 6.07) is 11.1. The van der Waals surface area contributed by atoms with Gasteiger partial charge in [-0.25, -0.2) is 22.0 Å². The second kappa shape index (κ2) is 8.23. The molecule has 0 aliphatic carbocycles. The van der Waals surface area contributed by atoms with E-state index in [9.17, 15) is 21.6 Å². The minimum Gasteiger partial charge on any atom is -0.322 e. The summed E-state index contributed by atoms with van der Waals surface area (Å²) in [5.41, 5.74) is 0.674. The molecule has 2 aromatic rings. The van der Waals surface area contributed by atoms with Crippen LogP contribution >= 0.6 is 0 Å². The molecule has 1 atom stereocenters. The Kier molecular flexibility index (Phi) is 6.08. The van der Waals surface area contributed by atoms with Gasteiger partial charge in [-0.05, 0) is 68.3 Å². The van der Waals surface area contributed by atoms with E-state index in [0.29, 0.717) is 12.2 Å². The molecule has 0 spiro atoms. The van der Waals surface area contributed by atoms with Crippen molar-refractivity contribution in [2.45, 2.75) is 42.0 Å². The minimum absolute atomic E-state index is 0.0444. The van der Waals surface area contributed by atoms with Crippen molar-refractivity contribution in [2.75, 3.05) is 11.9 Å². The summed E-state index contributed by atoms with van der Waals surface area (Å²) >= 11 is 0. The third-order valence-electron chi connectivity index (χ3n) is 4.91. The maximum atomic E-state index is 12.8. The number of anilines is 1. The monoisotopic (exact) mass is 437 g/mol. The van der Waals surface area contributed by atoms with Gasteiger partial charge in [0, 0.05) is 23.8 Å². The summed E-state index contributed by atoms with van der Waals surface area (Å²) in [6.07, 6.45) is 2.70. The molecule has 1 heterocycles. The molecule has 0 saturated carbocycles. The van der Waals surface area contributed by atoms with E-state index in [4.69, 9.17) is 5.14 Å². The van der Waals surface area contributed by atoms with E-state index in [1.165, 1.54) is 52.8 Å². The van der Waals surface area contributed by atoms with Crippen LogP contribution in [0.25, 0.3) is 0 Å². The molecular weight excluding hydrogens is 414 g/mol.